The van der Waals surface area contributed by atoms with Gasteiger partial charge < -0.3 is 10.6 Å². The third kappa shape index (κ3) is 4.64. The van der Waals surface area contributed by atoms with Crippen LogP contribution in [0, 0.1) is 12.7 Å². The molecule has 1 aliphatic rings. The van der Waals surface area contributed by atoms with Crippen molar-refractivity contribution < 1.29 is 14.0 Å². The molecule has 138 valence electrons. The van der Waals surface area contributed by atoms with Crippen molar-refractivity contribution in [2.75, 3.05) is 13.1 Å². The monoisotopic (exact) mass is 376 g/mol. The van der Waals surface area contributed by atoms with E-state index in [2.05, 4.69) is 15.6 Å². The number of nitrogens with one attached hydrogen (secondary N) is 2. The molecule has 0 aliphatic carbocycles. The number of piperazine rings is 1. The van der Waals surface area contributed by atoms with Crippen LogP contribution in [0.25, 0.3) is 0 Å². The average Bonchev–Trinajstić information content (AvgIpc) is 3.03. The van der Waals surface area contributed by atoms with Crippen LogP contribution in [0.15, 0.2) is 29.6 Å². The average molecular weight is 376 g/mol. The minimum absolute atomic E-state index is 0.0324. The van der Waals surface area contributed by atoms with Gasteiger partial charge in [0, 0.05) is 36.3 Å². The highest BCUT2D eigenvalue weighted by atomic mass is 32.1. The van der Waals surface area contributed by atoms with E-state index in [1.165, 1.54) is 17.4 Å². The summed E-state index contributed by atoms with van der Waals surface area (Å²) in [5.74, 6) is -0.730. The molecule has 1 atom stereocenters. The molecule has 2 aromatic rings. The Labute approximate surface area is 155 Å². The zero-order valence-electron chi connectivity index (χ0n) is 14.5. The van der Waals surface area contributed by atoms with Gasteiger partial charge in [-0.2, -0.15) is 0 Å². The summed E-state index contributed by atoms with van der Waals surface area (Å²) in [7, 11) is 0. The van der Waals surface area contributed by atoms with E-state index in [1.807, 2.05) is 17.2 Å². The predicted molar refractivity (Wildman–Crippen MR) is 96.9 cm³/mol. The van der Waals surface area contributed by atoms with Crippen molar-refractivity contribution >= 4 is 23.2 Å². The van der Waals surface area contributed by atoms with Gasteiger partial charge in [-0.3, -0.25) is 14.5 Å². The van der Waals surface area contributed by atoms with Crippen LogP contribution in [0.1, 0.15) is 22.7 Å². The smallest absolute Gasteiger partial charge is 0.237 e. The summed E-state index contributed by atoms with van der Waals surface area (Å²) >= 11 is 1.48. The number of carbonyl (C=O) groups is 2. The third-order valence-corrected chi connectivity index (χ3v) is 5.22. The van der Waals surface area contributed by atoms with Crippen molar-refractivity contribution in [3.8, 4) is 0 Å². The SMILES string of the molecule is Cc1csc(CNC(=O)CC2C(=O)NCCN2Cc2ccccc2F)n1. The Kier molecular flexibility index (Phi) is 5.95. The number of halogens is 1. The van der Waals surface area contributed by atoms with E-state index < -0.39 is 6.04 Å². The van der Waals surface area contributed by atoms with Gasteiger partial charge in [-0.15, -0.1) is 11.3 Å². The first-order chi connectivity index (χ1) is 12.5. The highest BCUT2D eigenvalue weighted by molar-refractivity contribution is 7.09. The molecule has 8 heteroatoms. The van der Waals surface area contributed by atoms with E-state index in [9.17, 15) is 14.0 Å². The Morgan fingerprint density at radius 1 is 1.46 bits per heavy atom. The van der Waals surface area contributed by atoms with Crippen molar-refractivity contribution in [2.45, 2.75) is 32.5 Å². The second kappa shape index (κ2) is 8.37. The first kappa shape index (κ1) is 18.5. The number of hydrogen-bond acceptors (Lipinski definition) is 5. The largest absolute Gasteiger partial charge is 0.353 e. The molecule has 6 nitrogen and oxygen atoms in total. The Hall–Kier alpha value is -2.32. The Bertz CT molecular complexity index is 795. The number of aromatic nitrogens is 1. The van der Waals surface area contributed by atoms with Crippen molar-refractivity contribution in [3.05, 3.63) is 51.7 Å². The molecular formula is C18H21FN4O2S. The van der Waals surface area contributed by atoms with Gasteiger partial charge in [0.2, 0.25) is 11.8 Å². The van der Waals surface area contributed by atoms with E-state index in [0.29, 0.717) is 31.7 Å². The molecule has 0 spiro atoms. The van der Waals surface area contributed by atoms with Gasteiger partial charge in [0.1, 0.15) is 10.8 Å². The lowest BCUT2D eigenvalue weighted by Gasteiger charge is -2.34. The van der Waals surface area contributed by atoms with E-state index in [-0.39, 0.29) is 24.1 Å². The normalized spacial score (nSPS) is 17.8. The first-order valence-corrected chi connectivity index (χ1v) is 9.34. The van der Waals surface area contributed by atoms with Gasteiger partial charge in [0.05, 0.1) is 19.0 Å². The molecule has 3 rings (SSSR count). The second-order valence-electron chi connectivity index (χ2n) is 6.23. The lowest BCUT2D eigenvalue weighted by atomic mass is 10.1. The van der Waals surface area contributed by atoms with Gasteiger partial charge >= 0.3 is 0 Å². The van der Waals surface area contributed by atoms with Gasteiger partial charge in [-0.25, -0.2) is 9.37 Å². The molecular weight excluding hydrogens is 355 g/mol. The molecule has 2 amide bonds. The summed E-state index contributed by atoms with van der Waals surface area (Å²) in [4.78, 5) is 30.7. The van der Waals surface area contributed by atoms with Crippen LogP contribution < -0.4 is 10.6 Å². The molecule has 0 saturated carbocycles. The lowest BCUT2D eigenvalue weighted by Crippen LogP contribution is -2.56. The molecule has 1 fully saturated rings. The Morgan fingerprint density at radius 3 is 3.00 bits per heavy atom. The number of amides is 2. The molecule has 1 unspecified atom stereocenters. The van der Waals surface area contributed by atoms with Gasteiger partial charge in [-0.05, 0) is 13.0 Å². The summed E-state index contributed by atoms with van der Waals surface area (Å²) in [5, 5.41) is 8.33. The van der Waals surface area contributed by atoms with Crippen LogP contribution in [-0.2, 0) is 22.7 Å². The van der Waals surface area contributed by atoms with E-state index in [1.54, 1.807) is 18.2 Å². The maximum absolute atomic E-state index is 13.9. The van der Waals surface area contributed by atoms with Gasteiger partial charge in [-0.1, -0.05) is 18.2 Å². The maximum Gasteiger partial charge on any atom is 0.237 e. The summed E-state index contributed by atoms with van der Waals surface area (Å²) in [6.07, 6.45) is 0.0324. The minimum Gasteiger partial charge on any atom is -0.353 e. The number of hydrogen-bond donors (Lipinski definition) is 2. The van der Waals surface area contributed by atoms with Crippen LogP contribution in [0.5, 0.6) is 0 Å². The summed E-state index contributed by atoms with van der Waals surface area (Å²) in [6, 6.07) is 5.88. The van der Waals surface area contributed by atoms with Crippen LogP contribution in [-0.4, -0.2) is 40.8 Å². The van der Waals surface area contributed by atoms with Crippen molar-refractivity contribution in [1.82, 2.24) is 20.5 Å². The molecule has 1 aromatic heterocycles. The van der Waals surface area contributed by atoms with Crippen LogP contribution in [0.4, 0.5) is 4.39 Å². The van der Waals surface area contributed by atoms with E-state index in [4.69, 9.17) is 0 Å². The molecule has 1 saturated heterocycles. The fourth-order valence-corrected chi connectivity index (χ4v) is 3.64. The first-order valence-electron chi connectivity index (χ1n) is 8.46. The fraction of sp³-hybridized carbons (Fsp3) is 0.389. The summed E-state index contributed by atoms with van der Waals surface area (Å²) < 4.78 is 13.9. The van der Waals surface area contributed by atoms with Gasteiger partial charge in [0.25, 0.3) is 0 Å². The molecule has 0 bridgehead atoms. The summed E-state index contributed by atoms with van der Waals surface area (Å²) in [5.41, 5.74) is 1.44. The number of rotatable bonds is 6. The minimum atomic E-state index is -0.610. The van der Waals surface area contributed by atoms with Crippen molar-refractivity contribution in [2.24, 2.45) is 0 Å². The van der Waals surface area contributed by atoms with E-state index >= 15 is 0 Å². The van der Waals surface area contributed by atoms with Crippen molar-refractivity contribution in [3.63, 3.8) is 0 Å². The van der Waals surface area contributed by atoms with E-state index in [0.717, 1.165) is 10.7 Å². The molecule has 1 aromatic carbocycles. The predicted octanol–water partition coefficient (Wildman–Crippen LogP) is 1.60. The molecule has 0 radical (unpaired) electrons. The Morgan fingerprint density at radius 2 is 2.27 bits per heavy atom. The van der Waals surface area contributed by atoms with Crippen LogP contribution >= 0.6 is 11.3 Å². The zero-order chi connectivity index (χ0) is 18.5. The standard InChI is InChI=1S/C18H21FN4O2S/c1-12-11-26-17(22-12)9-21-16(24)8-15-18(25)20-6-7-23(15)10-13-4-2-3-5-14(13)19/h2-5,11,15H,6-10H2,1H3,(H,20,25)(H,21,24). The maximum atomic E-state index is 13.9. The highest BCUT2D eigenvalue weighted by Crippen LogP contribution is 2.16. The summed E-state index contributed by atoms with van der Waals surface area (Å²) in [6.45, 7) is 3.60. The van der Waals surface area contributed by atoms with Gasteiger partial charge in [0.15, 0.2) is 0 Å². The second-order valence-corrected chi connectivity index (χ2v) is 7.17. The van der Waals surface area contributed by atoms with Crippen LogP contribution in [0.3, 0.4) is 0 Å². The number of aryl methyl sites for hydroxylation is 1. The molecule has 2 N–H and O–H groups in total. The lowest BCUT2D eigenvalue weighted by molar-refractivity contribution is -0.134. The number of nitrogens with zero attached hydrogens (tertiary/aromatic N) is 2. The number of thiazole rings is 1. The Balaban J connectivity index is 1.61. The number of carbonyl (C=O) groups excluding carboxylic acids is 2. The van der Waals surface area contributed by atoms with Crippen LogP contribution in [0.2, 0.25) is 0 Å². The molecule has 2 heterocycles. The molecule has 26 heavy (non-hydrogen) atoms. The highest BCUT2D eigenvalue weighted by Gasteiger charge is 2.31. The third-order valence-electron chi connectivity index (χ3n) is 4.26. The molecule has 1 aliphatic heterocycles. The fourth-order valence-electron chi connectivity index (χ4n) is 2.92. The quantitative estimate of drug-likeness (QED) is 0.803. The zero-order valence-corrected chi connectivity index (χ0v) is 15.3. The number of benzene rings is 1. The topological polar surface area (TPSA) is 74.3 Å². The van der Waals surface area contributed by atoms with Crippen molar-refractivity contribution in [1.29, 1.82) is 0 Å².